The molecule has 0 saturated carbocycles. The highest BCUT2D eigenvalue weighted by Gasteiger charge is 2.19. The van der Waals surface area contributed by atoms with Gasteiger partial charge in [-0.05, 0) is 13.3 Å². The fourth-order valence-electron chi connectivity index (χ4n) is 1.12. The SMILES string of the molecule is C=CCC(=O)NCC(C)(O)CCC. The zero-order valence-electron chi connectivity index (χ0n) is 8.47. The van der Waals surface area contributed by atoms with Crippen molar-refractivity contribution in [1.82, 2.24) is 5.32 Å². The Morgan fingerprint density at radius 1 is 1.69 bits per heavy atom. The molecular formula is C10H19NO2. The van der Waals surface area contributed by atoms with Crippen LogP contribution in [0.25, 0.3) is 0 Å². The maximum atomic E-state index is 11.0. The topological polar surface area (TPSA) is 49.3 Å². The lowest BCUT2D eigenvalue weighted by Gasteiger charge is -2.22. The highest BCUT2D eigenvalue weighted by Crippen LogP contribution is 2.09. The predicted octanol–water partition coefficient (Wildman–Crippen LogP) is 1.23. The molecule has 0 aromatic rings. The van der Waals surface area contributed by atoms with Crippen LogP contribution in [0.1, 0.15) is 33.1 Å². The van der Waals surface area contributed by atoms with E-state index in [1.54, 1.807) is 13.0 Å². The first-order chi connectivity index (χ1) is 6.02. The third kappa shape index (κ3) is 6.34. The van der Waals surface area contributed by atoms with Gasteiger partial charge in [0.2, 0.25) is 5.91 Å². The lowest BCUT2D eigenvalue weighted by atomic mass is 10.0. The second-order valence-electron chi connectivity index (χ2n) is 3.52. The minimum Gasteiger partial charge on any atom is -0.388 e. The second kappa shape index (κ2) is 5.75. The number of carbonyl (C=O) groups is 1. The number of aliphatic hydroxyl groups is 1. The average Bonchev–Trinajstić information content (AvgIpc) is 2.02. The highest BCUT2D eigenvalue weighted by molar-refractivity contribution is 5.77. The van der Waals surface area contributed by atoms with Gasteiger partial charge < -0.3 is 10.4 Å². The molecule has 1 amide bonds. The molecule has 0 aliphatic carbocycles. The molecule has 0 saturated heterocycles. The van der Waals surface area contributed by atoms with Gasteiger partial charge in [0.05, 0.1) is 5.60 Å². The molecule has 0 aromatic carbocycles. The Morgan fingerprint density at radius 2 is 2.31 bits per heavy atom. The molecule has 0 aliphatic heterocycles. The lowest BCUT2D eigenvalue weighted by Crippen LogP contribution is -2.40. The third-order valence-electron chi connectivity index (χ3n) is 1.78. The van der Waals surface area contributed by atoms with Crippen LogP contribution < -0.4 is 5.32 Å². The molecule has 0 bridgehead atoms. The van der Waals surface area contributed by atoms with E-state index in [1.807, 2.05) is 6.92 Å². The molecule has 2 N–H and O–H groups in total. The number of hydrogen-bond donors (Lipinski definition) is 2. The van der Waals surface area contributed by atoms with Gasteiger partial charge in [-0.2, -0.15) is 0 Å². The Hall–Kier alpha value is -0.830. The fraction of sp³-hybridized carbons (Fsp3) is 0.700. The summed E-state index contributed by atoms with van der Waals surface area (Å²) in [6.07, 6.45) is 3.46. The van der Waals surface area contributed by atoms with Crippen LogP contribution in [0, 0.1) is 0 Å². The summed E-state index contributed by atoms with van der Waals surface area (Å²) in [6.45, 7) is 7.50. The largest absolute Gasteiger partial charge is 0.388 e. The number of nitrogens with one attached hydrogen (secondary N) is 1. The van der Waals surface area contributed by atoms with Gasteiger partial charge in [-0.1, -0.05) is 19.4 Å². The molecule has 0 heterocycles. The number of hydrogen-bond acceptors (Lipinski definition) is 2. The zero-order valence-corrected chi connectivity index (χ0v) is 8.47. The van der Waals surface area contributed by atoms with Crippen LogP contribution in [0.2, 0.25) is 0 Å². The van der Waals surface area contributed by atoms with Crippen molar-refractivity contribution in [2.75, 3.05) is 6.54 Å². The van der Waals surface area contributed by atoms with Crippen molar-refractivity contribution in [2.24, 2.45) is 0 Å². The molecule has 76 valence electrons. The molecule has 0 rings (SSSR count). The molecule has 0 radical (unpaired) electrons. The summed E-state index contributed by atoms with van der Waals surface area (Å²) >= 11 is 0. The molecule has 1 unspecified atom stereocenters. The van der Waals surface area contributed by atoms with E-state index < -0.39 is 5.60 Å². The van der Waals surface area contributed by atoms with Gasteiger partial charge in [0.15, 0.2) is 0 Å². The molecule has 3 nitrogen and oxygen atoms in total. The van der Waals surface area contributed by atoms with Gasteiger partial charge >= 0.3 is 0 Å². The van der Waals surface area contributed by atoms with Gasteiger partial charge in [-0.3, -0.25) is 4.79 Å². The van der Waals surface area contributed by atoms with E-state index in [0.29, 0.717) is 19.4 Å². The average molecular weight is 185 g/mol. The fourth-order valence-corrected chi connectivity index (χ4v) is 1.12. The molecule has 0 aromatic heterocycles. The van der Waals surface area contributed by atoms with E-state index in [1.165, 1.54) is 0 Å². The van der Waals surface area contributed by atoms with E-state index in [4.69, 9.17) is 0 Å². The van der Waals surface area contributed by atoms with Gasteiger partial charge in [0, 0.05) is 13.0 Å². The van der Waals surface area contributed by atoms with Crippen LogP contribution in [0.15, 0.2) is 12.7 Å². The maximum Gasteiger partial charge on any atom is 0.223 e. The summed E-state index contributed by atoms with van der Waals surface area (Å²) < 4.78 is 0. The number of amides is 1. The third-order valence-corrected chi connectivity index (χ3v) is 1.78. The van der Waals surface area contributed by atoms with Crippen LogP contribution in [-0.4, -0.2) is 23.2 Å². The molecular weight excluding hydrogens is 166 g/mol. The zero-order chi connectivity index (χ0) is 10.3. The van der Waals surface area contributed by atoms with Crippen molar-refractivity contribution < 1.29 is 9.90 Å². The van der Waals surface area contributed by atoms with Crippen molar-refractivity contribution in [3.8, 4) is 0 Å². The molecule has 0 spiro atoms. The van der Waals surface area contributed by atoms with Crippen molar-refractivity contribution in [3.63, 3.8) is 0 Å². The van der Waals surface area contributed by atoms with E-state index in [2.05, 4.69) is 11.9 Å². The van der Waals surface area contributed by atoms with Crippen LogP contribution >= 0.6 is 0 Å². The quantitative estimate of drug-likeness (QED) is 0.611. The molecule has 1 atom stereocenters. The smallest absolute Gasteiger partial charge is 0.223 e. The Balaban J connectivity index is 3.72. The van der Waals surface area contributed by atoms with Crippen LogP contribution in [0.4, 0.5) is 0 Å². The van der Waals surface area contributed by atoms with Gasteiger partial charge in [-0.15, -0.1) is 6.58 Å². The van der Waals surface area contributed by atoms with Crippen molar-refractivity contribution in [3.05, 3.63) is 12.7 Å². The Morgan fingerprint density at radius 3 is 2.77 bits per heavy atom. The van der Waals surface area contributed by atoms with E-state index in [9.17, 15) is 9.90 Å². The summed E-state index contributed by atoms with van der Waals surface area (Å²) in [5, 5.41) is 12.3. The number of carbonyl (C=O) groups excluding carboxylic acids is 1. The van der Waals surface area contributed by atoms with Crippen molar-refractivity contribution in [2.45, 2.75) is 38.7 Å². The summed E-state index contributed by atoms with van der Waals surface area (Å²) in [6, 6.07) is 0. The molecule has 3 heteroatoms. The monoisotopic (exact) mass is 185 g/mol. The highest BCUT2D eigenvalue weighted by atomic mass is 16.3. The van der Waals surface area contributed by atoms with Crippen LogP contribution in [0.3, 0.4) is 0 Å². The van der Waals surface area contributed by atoms with Crippen molar-refractivity contribution >= 4 is 5.91 Å². The summed E-state index contributed by atoms with van der Waals surface area (Å²) in [5.74, 6) is -0.0913. The lowest BCUT2D eigenvalue weighted by molar-refractivity contribution is -0.121. The molecule has 0 aliphatic rings. The molecule has 0 fully saturated rings. The normalized spacial score (nSPS) is 14.7. The Bertz CT molecular complexity index is 176. The van der Waals surface area contributed by atoms with E-state index in [0.717, 1.165) is 6.42 Å². The summed E-state index contributed by atoms with van der Waals surface area (Å²) in [4.78, 5) is 11.0. The van der Waals surface area contributed by atoms with Crippen LogP contribution in [0.5, 0.6) is 0 Å². The first-order valence-electron chi connectivity index (χ1n) is 4.62. The van der Waals surface area contributed by atoms with E-state index in [-0.39, 0.29) is 5.91 Å². The van der Waals surface area contributed by atoms with Gasteiger partial charge in [0.25, 0.3) is 0 Å². The predicted molar refractivity (Wildman–Crippen MR) is 53.4 cm³/mol. The standard InChI is InChI=1S/C10H19NO2/c1-4-6-9(12)11-8-10(3,13)7-5-2/h4,13H,1,5-8H2,2-3H3,(H,11,12). The Kier molecular flexibility index (Phi) is 5.39. The van der Waals surface area contributed by atoms with Gasteiger partial charge in [0.1, 0.15) is 0 Å². The first kappa shape index (κ1) is 12.2. The maximum absolute atomic E-state index is 11.0. The minimum absolute atomic E-state index is 0.0913. The molecule has 13 heavy (non-hydrogen) atoms. The van der Waals surface area contributed by atoms with E-state index >= 15 is 0 Å². The van der Waals surface area contributed by atoms with Crippen LogP contribution in [-0.2, 0) is 4.79 Å². The minimum atomic E-state index is -0.786. The first-order valence-corrected chi connectivity index (χ1v) is 4.62. The number of rotatable bonds is 6. The van der Waals surface area contributed by atoms with Crippen molar-refractivity contribution in [1.29, 1.82) is 0 Å². The summed E-state index contributed by atoms with van der Waals surface area (Å²) in [5.41, 5.74) is -0.786. The second-order valence-corrected chi connectivity index (χ2v) is 3.52. The summed E-state index contributed by atoms with van der Waals surface area (Å²) in [7, 11) is 0. The van der Waals surface area contributed by atoms with Gasteiger partial charge in [-0.25, -0.2) is 0 Å². The Labute approximate surface area is 79.8 Å².